The summed E-state index contributed by atoms with van der Waals surface area (Å²) in [7, 11) is 0. The summed E-state index contributed by atoms with van der Waals surface area (Å²) in [5.41, 5.74) is 4.39. The van der Waals surface area contributed by atoms with E-state index in [1.54, 1.807) is 12.1 Å². The number of carbonyl (C=O) groups excluding carboxylic acids is 1. The Morgan fingerprint density at radius 1 is 1.25 bits per heavy atom. The molecule has 4 rings (SSSR count). The second-order valence-corrected chi connectivity index (χ2v) is 8.00. The lowest BCUT2D eigenvalue weighted by Crippen LogP contribution is -2.34. The number of hydrogen-bond acceptors (Lipinski definition) is 4. The van der Waals surface area contributed by atoms with Gasteiger partial charge in [-0.25, -0.2) is 14.7 Å². The maximum absolute atomic E-state index is 14.7. The molecule has 1 saturated heterocycles. The van der Waals surface area contributed by atoms with Crippen LogP contribution >= 0.6 is 0 Å². The van der Waals surface area contributed by atoms with Gasteiger partial charge in [0.2, 0.25) is 0 Å². The highest BCUT2D eigenvalue weighted by atomic mass is 19.1. The standard InChI is InChI=1S/C24H24FN3O4/c25-19-12-15(8-10-21(29)27-32)7-9-16(19)13-28-11-3-4-17(14-28)22-18-5-1-2-6-20(18)26-23(22)24(30)31/h1-2,5-10,12,17,26,32H,3-4,11,13-14H2,(H,27,29)(H,30,31). The molecule has 1 unspecified atom stereocenters. The number of aromatic amines is 1. The second-order valence-electron chi connectivity index (χ2n) is 8.00. The number of hydrogen-bond donors (Lipinski definition) is 4. The molecule has 0 saturated carbocycles. The zero-order chi connectivity index (χ0) is 22.7. The molecule has 8 heteroatoms. The van der Waals surface area contributed by atoms with Gasteiger partial charge in [-0.1, -0.05) is 30.3 Å². The van der Waals surface area contributed by atoms with Crippen molar-refractivity contribution >= 4 is 28.9 Å². The number of carboxylic acid groups (broad SMARTS) is 1. The van der Waals surface area contributed by atoms with Gasteiger partial charge in [0, 0.05) is 35.6 Å². The molecule has 1 aliphatic heterocycles. The van der Waals surface area contributed by atoms with Crippen molar-refractivity contribution in [2.45, 2.75) is 25.3 Å². The van der Waals surface area contributed by atoms with Gasteiger partial charge in [0.1, 0.15) is 11.5 Å². The van der Waals surface area contributed by atoms with Gasteiger partial charge in [-0.2, -0.15) is 0 Å². The van der Waals surface area contributed by atoms with Crippen LogP contribution in [0, 0.1) is 5.82 Å². The van der Waals surface area contributed by atoms with E-state index in [1.165, 1.54) is 17.6 Å². The number of piperidine rings is 1. The molecule has 3 aromatic rings. The SMILES string of the molecule is O=C(C=Cc1ccc(CN2CCCC(c3c(C(=O)O)[nH]c4ccccc34)C2)c(F)c1)NO. The fourth-order valence-electron chi connectivity index (χ4n) is 4.44. The summed E-state index contributed by atoms with van der Waals surface area (Å²) in [6.45, 7) is 1.85. The van der Waals surface area contributed by atoms with E-state index in [1.807, 2.05) is 24.3 Å². The van der Waals surface area contributed by atoms with Crippen molar-refractivity contribution in [3.05, 3.63) is 76.7 Å². The third-order valence-corrected chi connectivity index (χ3v) is 5.88. The average Bonchev–Trinajstić information content (AvgIpc) is 3.19. The van der Waals surface area contributed by atoms with Crippen molar-refractivity contribution in [2.24, 2.45) is 0 Å². The summed E-state index contributed by atoms with van der Waals surface area (Å²) < 4.78 is 14.7. The molecule has 32 heavy (non-hydrogen) atoms. The van der Waals surface area contributed by atoms with Crippen molar-refractivity contribution in [3.63, 3.8) is 0 Å². The number of H-pyrrole nitrogens is 1. The highest BCUT2D eigenvalue weighted by molar-refractivity contribution is 5.97. The molecule has 0 radical (unpaired) electrons. The largest absolute Gasteiger partial charge is 0.477 e. The van der Waals surface area contributed by atoms with Crippen LogP contribution in [-0.2, 0) is 11.3 Å². The number of halogens is 1. The zero-order valence-corrected chi connectivity index (χ0v) is 17.3. The fourth-order valence-corrected chi connectivity index (χ4v) is 4.44. The highest BCUT2D eigenvalue weighted by Gasteiger charge is 2.28. The van der Waals surface area contributed by atoms with Gasteiger partial charge in [-0.3, -0.25) is 14.9 Å². The third kappa shape index (κ3) is 4.56. The Labute approximate surface area is 184 Å². The van der Waals surface area contributed by atoms with Gasteiger partial charge < -0.3 is 10.1 Å². The molecule has 0 bridgehead atoms. The lowest BCUT2D eigenvalue weighted by Gasteiger charge is -2.33. The molecule has 2 heterocycles. The minimum Gasteiger partial charge on any atom is -0.477 e. The van der Waals surface area contributed by atoms with Crippen molar-refractivity contribution in [1.29, 1.82) is 0 Å². The Balaban J connectivity index is 1.53. The van der Waals surface area contributed by atoms with E-state index in [-0.39, 0.29) is 17.4 Å². The Bertz CT molecular complexity index is 1190. The van der Waals surface area contributed by atoms with Crippen LogP contribution < -0.4 is 5.48 Å². The lowest BCUT2D eigenvalue weighted by atomic mass is 9.88. The van der Waals surface area contributed by atoms with Crippen LogP contribution in [0.25, 0.3) is 17.0 Å². The summed E-state index contributed by atoms with van der Waals surface area (Å²) in [4.78, 5) is 28.1. The quantitative estimate of drug-likeness (QED) is 0.266. The number of carboxylic acids is 1. The van der Waals surface area contributed by atoms with Crippen LogP contribution in [0.4, 0.5) is 4.39 Å². The fraction of sp³-hybridized carbons (Fsp3) is 0.250. The monoisotopic (exact) mass is 437 g/mol. The van der Waals surface area contributed by atoms with Crippen LogP contribution in [0.3, 0.4) is 0 Å². The summed E-state index contributed by atoms with van der Waals surface area (Å²) >= 11 is 0. The topological polar surface area (TPSA) is 106 Å². The first kappa shape index (κ1) is 21.7. The molecule has 1 amide bonds. The maximum Gasteiger partial charge on any atom is 0.352 e. The van der Waals surface area contributed by atoms with Crippen LogP contribution in [0.5, 0.6) is 0 Å². The van der Waals surface area contributed by atoms with Crippen LogP contribution in [0.1, 0.15) is 45.9 Å². The number of amides is 1. The average molecular weight is 437 g/mol. The highest BCUT2D eigenvalue weighted by Crippen LogP contribution is 2.35. The van der Waals surface area contributed by atoms with Crippen molar-refractivity contribution in [2.75, 3.05) is 13.1 Å². The van der Waals surface area contributed by atoms with E-state index in [4.69, 9.17) is 5.21 Å². The number of rotatable bonds is 6. The zero-order valence-electron chi connectivity index (χ0n) is 17.3. The van der Waals surface area contributed by atoms with Gasteiger partial charge >= 0.3 is 5.97 Å². The number of para-hydroxylation sites is 1. The molecular formula is C24H24FN3O4. The van der Waals surface area contributed by atoms with E-state index >= 15 is 0 Å². The number of nitrogens with zero attached hydrogens (tertiary/aromatic N) is 1. The Morgan fingerprint density at radius 3 is 2.81 bits per heavy atom. The number of aromatic carboxylic acids is 1. The minimum absolute atomic E-state index is 0.0354. The number of hydroxylamine groups is 1. The smallest absolute Gasteiger partial charge is 0.352 e. The summed E-state index contributed by atoms with van der Waals surface area (Å²) in [6.07, 6.45) is 4.30. The van der Waals surface area contributed by atoms with Crippen LogP contribution in [-0.4, -0.2) is 45.2 Å². The first-order chi connectivity index (χ1) is 15.5. The molecular weight excluding hydrogens is 413 g/mol. The number of likely N-dealkylation sites (tertiary alicyclic amines) is 1. The molecule has 166 valence electrons. The summed E-state index contributed by atoms with van der Waals surface area (Å²) in [5.74, 6) is -2.00. The Hall–Kier alpha value is -3.49. The number of carbonyl (C=O) groups is 2. The third-order valence-electron chi connectivity index (χ3n) is 5.88. The van der Waals surface area contributed by atoms with Gasteiger partial charge in [0.15, 0.2) is 0 Å². The molecule has 1 aromatic heterocycles. The van der Waals surface area contributed by atoms with E-state index in [2.05, 4.69) is 9.88 Å². The summed E-state index contributed by atoms with van der Waals surface area (Å²) in [5, 5.41) is 19.2. The van der Waals surface area contributed by atoms with Gasteiger partial charge in [-0.15, -0.1) is 0 Å². The van der Waals surface area contributed by atoms with Crippen LogP contribution in [0.15, 0.2) is 48.5 Å². The number of nitrogens with one attached hydrogen (secondary N) is 2. The molecule has 1 aliphatic rings. The van der Waals surface area contributed by atoms with Gasteiger partial charge in [0.25, 0.3) is 5.91 Å². The molecule has 1 fully saturated rings. The van der Waals surface area contributed by atoms with E-state index in [0.717, 1.165) is 41.9 Å². The second kappa shape index (κ2) is 9.33. The number of aromatic nitrogens is 1. The summed E-state index contributed by atoms with van der Waals surface area (Å²) in [6, 6.07) is 12.3. The van der Waals surface area contributed by atoms with Crippen molar-refractivity contribution < 1.29 is 24.3 Å². The van der Waals surface area contributed by atoms with E-state index in [0.29, 0.717) is 24.2 Å². The van der Waals surface area contributed by atoms with E-state index in [9.17, 15) is 19.1 Å². The van der Waals surface area contributed by atoms with Crippen molar-refractivity contribution in [1.82, 2.24) is 15.4 Å². The Kier molecular flexibility index (Phi) is 6.34. The molecule has 0 spiro atoms. The Morgan fingerprint density at radius 2 is 2.06 bits per heavy atom. The lowest BCUT2D eigenvalue weighted by molar-refractivity contribution is -0.124. The predicted molar refractivity (Wildman–Crippen MR) is 118 cm³/mol. The van der Waals surface area contributed by atoms with E-state index < -0.39 is 11.9 Å². The minimum atomic E-state index is -0.974. The molecule has 2 aromatic carbocycles. The first-order valence-electron chi connectivity index (χ1n) is 10.4. The molecule has 4 N–H and O–H groups in total. The first-order valence-corrected chi connectivity index (χ1v) is 10.4. The molecule has 1 atom stereocenters. The predicted octanol–water partition coefficient (Wildman–Crippen LogP) is 3.90. The molecule has 7 nitrogen and oxygen atoms in total. The molecule has 0 aliphatic carbocycles. The van der Waals surface area contributed by atoms with Gasteiger partial charge in [0.05, 0.1) is 0 Å². The van der Waals surface area contributed by atoms with Crippen molar-refractivity contribution in [3.8, 4) is 0 Å². The number of benzene rings is 2. The normalized spacial score (nSPS) is 17.1. The van der Waals surface area contributed by atoms with Crippen LogP contribution in [0.2, 0.25) is 0 Å². The number of fused-ring (bicyclic) bond motifs is 1. The van der Waals surface area contributed by atoms with Gasteiger partial charge in [-0.05, 0) is 54.6 Å². The maximum atomic E-state index is 14.7.